The van der Waals surface area contributed by atoms with E-state index in [-0.39, 0.29) is 44.6 Å². The Hall–Kier alpha value is -5.80. The average molecular weight is 961 g/mol. The van der Waals surface area contributed by atoms with Crippen molar-refractivity contribution in [3.05, 3.63) is 172 Å². The summed E-state index contributed by atoms with van der Waals surface area (Å²) in [6, 6.07) is 53.1. The number of fused-ring (bicyclic) bond motifs is 6. The molecule has 11 rings (SSSR count). The van der Waals surface area contributed by atoms with E-state index in [4.69, 9.17) is 0 Å². The second kappa shape index (κ2) is 16.4. The molecule has 0 unspecified atom stereocenters. The first-order valence-electron chi connectivity index (χ1n) is 27.6. The van der Waals surface area contributed by atoms with Crippen molar-refractivity contribution in [3.63, 3.8) is 0 Å². The molecule has 0 N–H and O–H groups in total. The lowest BCUT2D eigenvalue weighted by Gasteiger charge is -2.48. The standard InChI is InChI=1S/C70H81BN2/c1-64(2,3)47-27-31-58(51(37-47)46-25-23-45(24-26-46)44-21-19-18-20-22-44)73-59-32-28-48(65(4,5)6)38-56(59)71-57-42-54-55(70(16,17)36-35-69(54,14)15)43-60(57)72(61-39-49(66(7,8)9)40-62(73)63(61)71)50-29-30-52-53(41-50)68(12,13)34-33-67(52,10)11/h18-32,37-43H,33-36H2,1-17H3. The van der Waals surface area contributed by atoms with Crippen LogP contribution in [-0.4, -0.2) is 6.71 Å². The average Bonchev–Trinajstić information content (AvgIpc) is 3.33. The highest BCUT2D eigenvalue weighted by atomic mass is 15.2. The Labute approximate surface area is 440 Å². The van der Waals surface area contributed by atoms with Gasteiger partial charge >= 0.3 is 0 Å². The number of nitrogens with zero attached hydrogens (tertiary/aromatic N) is 2. The normalized spacial score (nSPS) is 18.1. The largest absolute Gasteiger partial charge is 0.311 e. The summed E-state index contributed by atoms with van der Waals surface area (Å²) in [6.45, 7) is 41.3. The van der Waals surface area contributed by atoms with Crippen LogP contribution in [0.15, 0.2) is 133 Å². The maximum absolute atomic E-state index is 2.73. The van der Waals surface area contributed by atoms with Crippen LogP contribution >= 0.6 is 0 Å². The van der Waals surface area contributed by atoms with Gasteiger partial charge in [-0.05, 0) is 184 Å². The Morgan fingerprint density at radius 3 is 1.40 bits per heavy atom. The zero-order valence-electron chi connectivity index (χ0n) is 47.5. The van der Waals surface area contributed by atoms with Gasteiger partial charge in [-0.3, -0.25) is 0 Å². The molecule has 0 aromatic heterocycles. The maximum Gasteiger partial charge on any atom is 0.252 e. The molecule has 2 aliphatic carbocycles. The van der Waals surface area contributed by atoms with Gasteiger partial charge in [0, 0.05) is 34.0 Å². The van der Waals surface area contributed by atoms with Crippen molar-refractivity contribution >= 4 is 57.2 Å². The first-order chi connectivity index (χ1) is 34.0. The number of benzene rings is 7. The summed E-state index contributed by atoms with van der Waals surface area (Å²) in [5.74, 6) is 0. The highest BCUT2D eigenvalue weighted by Crippen LogP contribution is 2.54. The van der Waals surface area contributed by atoms with Crippen LogP contribution < -0.4 is 26.2 Å². The third kappa shape index (κ3) is 8.13. The fraction of sp³-hybridized carbons (Fsp3) is 0.400. The van der Waals surface area contributed by atoms with E-state index in [0.717, 1.165) is 0 Å². The van der Waals surface area contributed by atoms with E-state index in [9.17, 15) is 0 Å². The number of hydrogen-bond donors (Lipinski definition) is 0. The zero-order chi connectivity index (χ0) is 52.2. The zero-order valence-corrected chi connectivity index (χ0v) is 47.5. The van der Waals surface area contributed by atoms with Gasteiger partial charge in [0.05, 0.1) is 5.69 Å². The molecule has 0 radical (unpaired) electrons. The van der Waals surface area contributed by atoms with Gasteiger partial charge in [0.25, 0.3) is 6.71 Å². The van der Waals surface area contributed by atoms with Crippen molar-refractivity contribution in [2.45, 2.75) is 181 Å². The fourth-order valence-corrected chi connectivity index (χ4v) is 13.1. The van der Waals surface area contributed by atoms with Gasteiger partial charge in [0.15, 0.2) is 0 Å². The molecule has 0 saturated carbocycles. The van der Waals surface area contributed by atoms with Crippen molar-refractivity contribution in [2.24, 2.45) is 0 Å². The summed E-state index contributed by atoms with van der Waals surface area (Å²) < 4.78 is 0. The molecule has 0 spiro atoms. The van der Waals surface area contributed by atoms with Crippen LogP contribution in [-0.2, 0) is 37.9 Å². The van der Waals surface area contributed by atoms with E-state index < -0.39 is 0 Å². The Kier molecular flexibility index (Phi) is 11.1. The molecular weight excluding hydrogens is 880 g/mol. The molecule has 7 aromatic rings. The Bertz CT molecular complexity index is 3340. The molecule has 7 aromatic carbocycles. The Balaban J connectivity index is 1.27. The Morgan fingerprint density at radius 2 is 0.822 bits per heavy atom. The van der Waals surface area contributed by atoms with Crippen molar-refractivity contribution in [1.82, 2.24) is 0 Å². The lowest BCUT2D eigenvalue weighted by atomic mass is 9.32. The summed E-state index contributed by atoms with van der Waals surface area (Å²) in [6.07, 6.45) is 4.71. The van der Waals surface area contributed by atoms with E-state index in [0.29, 0.717) is 0 Å². The molecule has 0 fully saturated rings. The van der Waals surface area contributed by atoms with Gasteiger partial charge in [-0.1, -0.05) is 203 Å². The fourth-order valence-electron chi connectivity index (χ4n) is 13.1. The quantitative estimate of drug-likeness (QED) is 0.162. The summed E-state index contributed by atoms with van der Waals surface area (Å²) >= 11 is 0. The van der Waals surface area contributed by atoms with Crippen LogP contribution in [0, 0.1) is 0 Å². The third-order valence-electron chi connectivity index (χ3n) is 18.3. The summed E-state index contributed by atoms with van der Waals surface area (Å²) in [4.78, 5) is 5.42. The van der Waals surface area contributed by atoms with Crippen molar-refractivity contribution in [2.75, 3.05) is 9.80 Å². The highest BCUT2D eigenvalue weighted by molar-refractivity contribution is 7.00. The van der Waals surface area contributed by atoms with Crippen LogP contribution in [0.5, 0.6) is 0 Å². The molecule has 73 heavy (non-hydrogen) atoms. The van der Waals surface area contributed by atoms with Gasteiger partial charge < -0.3 is 9.80 Å². The molecule has 2 aliphatic heterocycles. The maximum atomic E-state index is 2.73. The predicted octanol–water partition coefficient (Wildman–Crippen LogP) is 17.7. The lowest BCUT2D eigenvalue weighted by Crippen LogP contribution is -2.62. The monoisotopic (exact) mass is 961 g/mol. The smallest absolute Gasteiger partial charge is 0.252 e. The van der Waals surface area contributed by atoms with E-state index >= 15 is 0 Å². The van der Waals surface area contributed by atoms with E-state index in [1.54, 1.807) is 0 Å². The Morgan fingerprint density at radius 1 is 0.356 bits per heavy atom. The van der Waals surface area contributed by atoms with Gasteiger partial charge in [-0.15, -0.1) is 0 Å². The second-order valence-electron chi connectivity index (χ2n) is 28.5. The molecule has 2 heterocycles. The lowest BCUT2D eigenvalue weighted by molar-refractivity contribution is 0.332. The highest BCUT2D eigenvalue weighted by Gasteiger charge is 2.48. The number of anilines is 6. The summed E-state index contributed by atoms with van der Waals surface area (Å²) in [7, 11) is 0. The third-order valence-corrected chi connectivity index (χ3v) is 18.3. The van der Waals surface area contributed by atoms with Crippen molar-refractivity contribution in [1.29, 1.82) is 0 Å². The minimum absolute atomic E-state index is 0.0143. The van der Waals surface area contributed by atoms with Crippen molar-refractivity contribution < 1.29 is 0 Å². The molecule has 0 amide bonds. The molecule has 2 nitrogen and oxygen atoms in total. The minimum atomic E-state index is -0.134. The molecule has 3 heteroatoms. The molecular formula is C70H81BN2. The summed E-state index contributed by atoms with van der Waals surface area (Å²) in [5, 5.41) is 0. The van der Waals surface area contributed by atoms with Gasteiger partial charge in [0.2, 0.25) is 0 Å². The SMILES string of the molecule is CC(C)(C)c1ccc2c(c1)B1c3cc4c(cc3N(c3ccc5c(c3)C(C)(C)CCC5(C)C)c3cc(C(C)(C)C)cc(c31)N2c1ccc(C(C)(C)C)cc1-c1ccc(-c2ccccc2)cc1)C(C)(C)CCC4(C)C. The van der Waals surface area contributed by atoms with Crippen LogP contribution in [0.25, 0.3) is 22.3 Å². The summed E-state index contributed by atoms with van der Waals surface area (Å²) in [5.41, 5.74) is 26.9. The minimum Gasteiger partial charge on any atom is -0.311 e. The topological polar surface area (TPSA) is 6.48 Å². The molecule has 0 atom stereocenters. The first kappa shape index (κ1) is 49.4. The molecule has 0 bridgehead atoms. The van der Waals surface area contributed by atoms with Crippen LogP contribution in [0.4, 0.5) is 34.1 Å². The molecule has 0 saturated heterocycles. The van der Waals surface area contributed by atoms with Gasteiger partial charge in [-0.2, -0.15) is 0 Å². The van der Waals surface area contributed by atoms with Crippen LogP contribution in [0.2, 0.25) is 0 Å². The number of rotatable bonds is 4. The van der Waals surface area contributed by atoms with Crippen LogP contribution in [0.3, 0.4) is 0 Å². The van der Waals surface area contributed by atoms with Crippen molar-refractivity contribution in [3.8, 4) is 22.3 Å². The first-order valence-corrected chi connectivity index (χ1v) is 27.6. The van der Waals surface area contributed by atoms with Gasteiger partial charge in [0.1, 0.15) is 0 Å². The van der Waals surface area contributed by atoms with Crippen LogP contribution in [0.1, 0.15) is 182 Å². The van der Waals surface area contributed by atoms with E-state index in [1.165, 1.54) is 137 Å². The second-order valence-corrected chi connectivity index (χ2v) is 28.5. The van der Waals surface area contributed by atoms with Gasteiger partial charge in [-0.25, -0.2) is 0 Å². The molecule has 374 valence electrons. The predicted molar refractivity (Wildman–Crippen MR) is 318 cm³/mol. The van der Waals surface area contributed by atoms with E-state index in [2.05, 4.69) is 261 Å². The number of hydrogen-bond acceptors (Lipinski definition) is 2. The van der Waals surface area contributed by atoms with E-state index in [1.807, 2.05) is 0 Å². The molecule has 4 aliphatic rings.